The first-order chi connectivity index (χ1) is 16.5. The highest BCUT2D eigenvalue weighted by atomic mass is 35.5. The molecule has 0 saturated heterocycles. The molecule has 0 fully saturated rings. The zero-order valence-corrected chi connectivity index (χ0v) is 20.0. The molecule has 0 aliphatic heterocycles. The number of fused-ring (bicyclic) bond motifs is 1. The van der Waals surface area contributed by atoms with Crippen LogP contribution in [0.2, 0.25) is 0 Å². The molecule has 1 aromatic carbocycles. The molecule has 9 nitrogen and oxygen atoms in total. The molecule has 3 aromatic heterocycles. The largest absolute Gasteiger partial charge is 0.442 e. The van der Waals surface area contributed by atoms with Crippen molar-refractivity contribution in [2.45, 2.75) is 26.4 Å². The molecule has 0 aliphatic rings. The van der Waals surface area contributed by atoms with Crippen molar-refractivity contribution < 1.29 is 23.1 Å². The highest BCUT2D eigenvalue weighted by molar-refractivity contribution is 6.29. The summed E-state index contributed by atoms with van der Waals surface area (Å²) in [7, 11) is 1.72. The Bertz CT molecular complexity index is 1430. The van der Waals surface area contributed by atoms with Crippen LogP contribution in [0.4, 0.5) is 19.3 Å². The Labute approximate surface area is 203 Å². The summed E-state index contributed by atoms with van der Waals surface area (Å²) in [6, 6.07) is 3.38. The number of hydrogen-bond acceptors (Lipinski definition) is 6. The van der Waals surface area contributed by atoms with Crippen LogP contribution in [0.3, 0.4) is 0 Å². The van der Waals surface area contributed by atoms with E-state index < -0.39 is 34.8 Å². The number of benzene rings is 1. The van der Waals surface area contributed by atoms with Gasteiger partial charge in [0.05, 0.1) is 29.2 Å². The number of halogens is 3. The van der Waals surface area contributed by atoms with Crippen molar-refractivity contribution in [3.8, 4) is 22.5 Å². The fourth-order valence-electron chi connectivity index (χ4n) is 3.44. The summed E-state index contributed by atoms with van der Waals surface area (Å²) < 4.78 is 37.9. The summed E-state index contributed by atoms with van der Waals surface area (Å²) in [5, 5.41) is 11.2. The van der Waals surface area contributed by atoms with Crippen molar-refractivity contribution >= 4 is 40.2 Å². The molecule has 1 N–H and O–H groups in total. The van der Waals surface area contributed by atoms with Crippen molar-refractivity contribution in [1.82, 2.24) is 24.5 Å². The first-order valence-electron chi connectivity index (χ1n) is 10.4. The van der Waals surface area contributed by atoms with Crippen molar-refractivity contribution in [3.63, 3.8) is 0 Å². The van der Waals surface area contributed by atoms with Crippen LogP contribution in [0.25, 0.3) is 33.4 Å². The lowest BCUT2D eigenvalue weighted by Crippen LogP contribution is -2.27. The molecule has 0 unspecified atom stereocenters. The van der Waals surface area contributed by atoms with E-state index in [-0.39, 0.29) is 22.8 Å². The van der Waals surface area contributed by atoms with Gasteiger partial charge in [0.2, 0.25) is 5.91 Å². The Hall–Kier alpha value is -3.86. The Morgan fingerprint density at radius 2 is 1.83 bits per heavy atom. The van der Waals surface area contributed by atoms with Gasteiger partial charge in [0.25, 0.3) is 0 Å². The molecule has 0 saturated carbocycles. The normalized spacial score (nSPS) is 11.6. The van der Waals surface area contributed by atoms with Gasteiger partial charge in [-0.1, -0.05) is 0 Å². The summed E-state index contributed by atoms with van der Waals surface area (Å²) in [6.07, 6.45) is 3.81. The van der Waals surface area contributed by atoms with Crippen molar-refractivity contribution in [1.29, 1.82) is 0 Å². The van der Waals surface area contributed by atoms with Crippen LogP contribution in [0, 0.1) is 11.6 Å². The minimum Gasteiger partial charge on any atom is -0.442 e. The molecule has 1 amide bonds. The predicted molar refractivity (Wildman–Crippen MR) is 126 cm³/mol. The van der Waals surface area contributed by atoms with E-state index in [4.69, 9.17) is 16.3 Å². The van der Waals surface area contributed by atoms with E-state index in [0.717, 1.165) is 16.8 Å². The maximum absolute atomic E-state index is 14.9. The van der Waals surface area contributed by atoms with Crippen molar-refractivity contribution in [2.24, 2.45) is 7.05 Å². The van der Waals surface area contributed by atoms with E-state index in [9.17, 15) is 18.4 Å². The van der Waals surface area contributed by atoms with E-state index in [1.165, 1.54) is 12.3 Å². The Morgan fingerprint density at radius 1 is 1.14 bits per heavy atom. The van der Waals surface area contributed by atoms with Crippen LogP contribution >= 0.6 is 11.6 Å². The van der Waals surface area contributed by atoms with Crippen LogP contribution in [0.5, 0.6) is 0 Å². The van der Waals surface area contributed by atoms with Gasteiger partial charge in [0.1, 0.15) is 28.8 Å². The number of carbonyl (C=O) groups excluding carboxylic acids is 2. The lowest BCUT2D eigenvalue weighted by molar-refractivity contribution is -0.113. The Kier molecular flexibility index (Phi) is 6.28. The first-order valence-corrected chi connectivity index (χ1v) is 11.0. The van der Waals surface area contributed by atoms with Crippen LogP contribution in [-0.2, 0) is 16.6 Å². The quantitative estimate of drug-likeness (QED) is 0.404. The molecule has 0 bridgehead atoms. The van der Waals surface area contributed by atoms with Crippen molar-refractivity contribution in [2.75, 3.05) is 11.2 Å². The van der Waals surface area contributed by atoms with Gasteiger partial charge in [0, 0.05) is 29.9 Å². The van der Waals surface area contributed by atoms with Crippen LogP contribution in [0.15, 0.2) is 36.8 Å². The van der Waals surface area contributed by atoms with Gasteiger partial charge in [-0.25, -0.2) is 13.6 Å². The van der Waals surface area contributed by atoms with Crippen LogP contribution in [-0.4, -0.2) is 48.0 Å². The number of amides is 1. The van der Waals surface area contributed by atoms with Gasteiger partial charge >= 0.3 is 6.09 Å². The third-order valence-corrected chi connectivity index (χ3v) is 5.06. The number of aryl methyl sites for hydroxylation is 1. The molecule has 4 rings (SSSR count). The molecule has 35 heavy (non-hydrogen) atoms. The lowest BCUT2D eigenvalue weighted by atomic mass is 10.1. The summed E-state index contributed by atoms with van der Waals surface area (Å²) in [4.78, 5) is 28.5. The van der Waals surface area contributed by atoms with Gasteiger partial charge in [-0.05, 0) is 39.0 Å². The zero-order chi connectivity index (χ0) is 25.5. The smallest absolute Gasteiger partial charge is 0.435 e. The third-order valence-electron chi connectivity index (χ3n) is 4.81. The van der Waals surface area contributed by atoms with Crippen molar-refractivity contribution in [3.05, 3.63) is 48.4 Å². The van der Waals surface area contributed by atoms with Gasteiger partial charge in [0.15, 0.2) is 0 Å². The number of nitrogens with zero attached hydrogens (tertiary/aromatic N) is 5. The zero-order valence-electron chi connectivity index (χ0n) is 19.3. The number of alkyl halides is 1. The molecule has 182 valence electrons. The first kappa shape index (κ1) is 24.3. The molecule has 4 aromatic rings. The second kappa shape index (κ2) is 9.06. The minimum absolute atomic E-state index is 0.0309. The second-order valence-corrected chi connectivity index (χ2v) is 8.99. The number of carbonyl (C=O) groups is 2. The van der Waals surface area contributed by atoms with Gasteiger partial charge in [-0.3, -0.25) is 14.5 Å². The second-order valence-electron chi connectivity index (χ2n) is 8.73. The number of anilines is 1. The van der Waals surface area contributed by atoms with Crippen LogP contribution in [0.1, 0.15) is 20.8 Å². The summed E-state index contributed by atoms with van der Waals surface area (Å²) >= 11 is 5.43. The van der Waals surface area contributed by atoms with E-state index in [0.29, 0.717) is 16.6 Å². The minimum atomic E-state index is -0.941. The highest BCUT2D eigenvalue weighted by Crippen LogP contribution is 2.33. The van der Waals surface area contributed by atoms with E-state index in [2.05, 4.69) is 20.5 Å². The average molecular weight is 503 g/mol. The number of nitrogens with one attached hydrogen (secondary N) is 1. The third kappa shape index (κ3) is 4.99. The number of ether oxygens (including phenoxy) is 1. The molecule has 0 radical (unpaired) electrons. The molecular weight excluding hydrogens is 482 g/mol. The molecule has 3 heterocycles. The van der Waals surface area contributed by atoms with E-state index in [1.54, 1.807) is 44.9 Å². The van der Waals surface area contributed by atoms with E-state index in [1.807, 2.05) is 0 Å². The van der Waals surface area contributed by atoms with Crippen LogP contribution < -0.4 is 5.32 Å². The molecule has 0 spiro atoms. The number of hydrogen-bond donors (Lipinski definition) is 1. The van der Waals surface area contributed by atoms with Gasteiger partial charge < -0.3 is 10.1 Å². The molecule has 0 atom stereocenters. The molecule has 0 aliphatic carbocycles. The van der Waals surface area contributed by atoms with Gasteiger partial charge in [-0.15, -0.1) is 11.6 Å². The maximum Gasteiger partial charge on any atom is 0.435 e. The fourth-order valence-corrected chi connectivity index (χ4v) is 3.50. The molecule has 12 heteroatoms. The van der Waals surface area contributed by atoms with E-state index >= 15 is 0 Å². The predicted octanol–water partition coefficient (Wildman–Crippen LogP) is 4.74. The van der Waals surface area contributed by atoms with Gasteiger partial charge in [-0.2, -0.15) is 14.9 Å². The summed E-state index contributed by atoms with van der Waals surface area (Å²) in [6.45, 7) is 5.17. The number of aromatic nitrogens is 5. The Morgan fingerprint density at radius 3 is 2.40 bits per heavy atom. The lowest BCUT2D eigenvalue weighted by Gasteiger charge is -2.19. The number of rotatable bonds is 4. The highest BCUT2D eigenvalue weighted by Gasteiger charge is 2.25. The average Bonchev–Trinajstić information content (AvgIpc) is 3.35. The standard InChI is InChI=1S/C23H21ClF2N6O3/c1-23(2,3)35-22(34)32-18-10-27-17(7-14(18)21(30-32)12-9-28-31(4)11-12)20-15(25)5-13(6-16(20)26)29-19(33)8-24/h5-7,9-11H,8H2,1-4H3,(H,29,33). The summed E-state index contributed by atoms with van der Waals surface area (Å²) in [5.74, 6) is -2.84. The fraction of sp³-hybridized carbons (Fsp3) is 0.261. The summed E-state index contributed by atoms with van der Waals surface area (Å²) in [5.41, 5.74) is -0.0664. The monoisotopic (exact) mass is 502 g/mol. The molecular formula is C23H21ClF2N6O3. The Balaban J connectivity index is 1.87. The number of pyridine rings is 1. The maximum atomic E-state index is 14.9. The SMILES string of the molecule is Cn1cc(-c2nn(C(=O)OC(C)(C)C)c3cnc(-c4c(F)cc(NC(=O)CCl)cc4F)cc23)cn1. The topological polar surface area (TPSA) is 104 Å².